The zero-order valence-corrected chi connectivity index (χ0v) is 21.0. The average Bonchev–Trinajstić information content (AvgIpc) is 3.15. The van der Waals surface area contributed by atoms with Gasteiger partial charge in [0.15, 0.2) is 0 Å². The molecular weight excluding hydrogens is 456 g/mol. The lowest BCUT2D eigenvalue weighted by atomic mass is 9.93. The molecule has 0 bridgehead atoms. The molecule has 36 heavy (non-hydrogen) atoms. The minimum atomic E-state index is -0.923. The van der Waals surface area contributed by atoms with Crippen molar-refractivity contribution in [2.24, 2.45) is 0 Å². The highest BCUT2D eigenvalue weighted by Crippen LogP contribution is 2.28. The van der Waals surface area contributed by atoms with Gasteiger partial charge in [-0.3, -0.25) is 14.1 Å². The third-order valence-corrected chi connectivity index (χ3v) is 7.04. The highest BCUT2D eigenvalue weighted by atomic mass is 16.5. The van der Waals surface area contributed by atoms with Gasteiger partial charge in [-0.15, -0.1) is 0 Å². The van der Waals surface area contributed by atoms with Gasteiger partial charge in [0.1, 0.15) is 0 Å². The van der Waals surface area contributed by atoms with E-state index in [1.54, 1.807) is 23.3 Å². The van der Waals surface area contributed by atoms with Gasteiger partial charge in [0, 0.05) is 37.1 Å². The number of rotatable bonds is 5. The molecule has 2 aromatic carbocycles. The molecule has 0 aliphatic carbocycles. The minimum Gasteiger partial charge on any atom is -0.453 e. The van der Waals surface area contributed by atoms with Crippen LogP contribution < -0.4 is 5.69 Å². The predicted molar refractivity (Wildman–Crippen MR) is 139 cm³/mol. The van der Waals surface area contributed by atoms with Crippen molar-refractivity contribution in [3.05, 3.63) is 76.5 Å². The number of para-hydroxylation sites is 2. The van der Waals surface area contributed by atoms with Crippen LogP contribution in [-0.4, -0.2) is 56.0 Å². The molecule has 8 heteroatoms. The van der Waals surface area contributed by atoms with E-state index in [0.29, 0.717) is 38.9 Å². The lowest BCUT2D eigenvalue weighted by Gasteiger charge is -2.31. The lowest BCUT2D eigenvalue weighted by molar-refractivity contribution is 0.0810. The molecule has 3 heterocycles. The Hall–Kier alpha value is -3.65. The van der Waals surface area contributed by atoms with Crippen molar-refractivity contribution in [1.82, 2.24) is 19.0 Å². The maximum atomic E-state index is 13.9. The predicted octanol–water partition coefficient (Wildman–Crippen LogP) is 4.12. The molecule has 0 spiro atoms. The number of ether oxygens (including phenoxy) is 1. The lowest BCUT2D eigenvalue weighted by Crippen LogP contribution is -2.41. The van der Waals surface area contributed by atoms with Crippen molar-refractivity contribution in [3.63, 3.8) is 0 Å². The van der Waals surface area contributed by atoms with Gasteiger partial charge in [-0.05, 0) is 49.8 Å². The van der Waals surface area contributed by atoms with E-state index in [1.807, 2.05) is 59.3 Å². The van der Waals surface area contributed by atoms with Crippen molar-refractivity contribution in [1.29, 1.82) is 0 Å². The fourth-order valence-corrected chi connectivity index (χ4v) is 5.35. The van der Waals surface area contributed by atoms with Crippen LogP contribution in [0.1, 0.15) is 44.0 Å². The first-order valence-electron chi connectivity index (χ1n) is 12.4. The number of aromatic nitrogens is 3. The third kappa shape index (κ3) is 4.48. The number of piperidine rings is 1. The first-order valence-corrected chi connectivity index (χ1v) is 12.4. The number of aliphatic hydroxyl groups is 1. The summed E-state index contributed by atoms with van der Waals surface area (Å²) in [5.74, 6) is 0. The van der Waals surface area contributed by atoms with Crippen LogP contribution in [-0.2, 0) is 17.7 Å². The van der Waals surface area contributed by atoms with Gasteiger partial charge in [-0.1, -0.05) is 36.4 Å². The van der Waals surface area contributed by atoms with Crippen molar-refractivity contribution in [2.75, 3.05) is 20.2 Å². The Bertz CT molecular complexity index is 1470. The van der Waals surface area contributed by atoms with E-state index in [4.69, 9.17) is 9.72 Å². The normalized spacial score (nSPS) is 15.1. The number of carbonyl (C=O) groups excluding carboxylic acids is 1. The Morgan fingerprint density at radius 1 is 1.08 bits per heavy atom. The number of fused-ring (bicyclic) bond motifs is 2. The maximum absolute atomic E-state index is 13.9. The van der Waals surface area contributed by atoms with Gasteiger partial charge in [0.2, 0.25) is 0 Å². The summed E-state index contributed by atoms with van der Waals surface area (Å²) in [6.07, 6.45) is 3.30. The van der Waals surface area contributed by atoms with Gasteiger partial charge in [-0.25, -0.2) is 9.59 Å². The number of methoxy groups -OCH3 is 1. The molecule has 0 atom stereocenters. The second kappa shape index (κ2) is 9.43. The Morgan fingerprint density at radius 3 is 2.44 bits per heavy atom. The maximum Gasteiger partial charge on any atom is 0.409 e. The van der Waals surface area contributed by atoms with E-state index < -0.39 is 5.60 Å². The summed E-state index contributed by atoms with van der Waals surface area (Å²) in [5.41, 5.74) is 2.45. The standard InChI is InChI=1S/C28H32N4O4/c1-28(2,35)16-22-21-9-5-4-8-19(21)17-29-23(22)18-31-24-10-6-7-11-25(24)32(26(31)33)20-12-14-30(15-13-20)27(34)36-3/h4-11,17,20,35H,12-16,18H2,1-3H3. The molecule has 1 saturated heterocycles. The molecule has 0 saturated carbocycles. The van der Waals surface area contributed by atoms with E-state index in [2.05, 4.69) is 0 Å². The summed E-state index contributed by atoms with van der Waals surface area (Å²) >= 11 is 0. The topological polar surface area (TPSA) is 89.6 Å². The number of pyridine rings is 1. The van der Waals surface area contributed by atoms with Crippen molar-refractivity contribution < 1.29 is 14.6 Å². The van der Waals surface area contributed by atoms with Gasteiger partial charge in [0.25, 0.3) is 0 Å². The molecule has 2 aromatic heterocycles. The monoisotopic (exact) mass is 488 g/mol. The van der Waals surface area contributed by atoms with Crippen LogP contribution in [0, 0.1) is 0 Å². The fraction of sp³-hybridized carbons (Fsp3) is 0.393. The molecule has 5 rings (SSSR count). The summed E-state index contributed by atoms with van der Waals surface area (Å²) in [5, 5.41) is 12.7. The number of benzene rings is 2. The SMILES string of the molecule is COC(=O)N1CCC(n2c(=O)n(Cc3ncc4ccccc4c3CC(C)(C)O)c3ccccc32)CC1. The van der Waals surface area contributed by atoms with Crippen LogP contribution in [0.4, 0.5) is 4.79 Å². The van der Waals surface area contributed by atoms with Crippen LogP contribution in [0.15, 0.2) is 59.5 Å². The molecule has 0 radical (unpaired) electrons. The summed E-state index contributed by atoms with van der Waals surface area (Å²) in [7, 11) is 1.39. The number of hydrogen-bond acceptors (Lipinski definition) is 5. The zero-order chi connectivity index (χ0) is 25.4. The number of imidazole rings is 1. The number of carbonyl (C=O) groups is 1. The summed E-state index contributed by atoms with van der Waals surface area (Å²) in [4.78, 5) is 32.2. The summed E-state index contributed by atoms with van der Waals surface area (Å²) in [6, 6.07) is 15.8. The largest absolute Gasteiger partial charge is 0.453 e. The molecule has 1 aliphatic heterocycles. The van der Waals surface area contributed by atoms with E-state index in [-0.39, 0.29) is 17.8 Å². The first kappa shape index (κ1) is 24.1. The van der Waals surface area contributed by atoms with Gasteiger partial charge >= 0.3 is 11.8 Å². The van der Waals surface area contributed by atoms with Crippen LogP contribution in [0.3, 0.4) is 0 Å². The minimum absolute atomic E-state index is 0.00929. The Labute approximate surface area is 209 Å². The molecule has 1 amide bonds. The van der Waals surface area contributed by atoms with Crippen molar-refractivity contribution in [2.45, 2.75) is 51.3 Å². The summed E-state index contributed by atoms with van der Waals surface area (Å²) < 4.78 is 8.52. The molecular formula is C28H32N4O4. The Balaban J connectivity index is 1.57. The number of hydrogen-bond donors (Lipinski definition) is 1. The molecule has 188 valence electrons. The van der Waals surface area contributed by atoms with E-state index in [9.17, 15) is 14.7 Å². The van der Waals surface area contributed by atoms with Gasteiger partial charge < -0.3 is 14.7 Å². The van der Waals surface area contributed by atoms with Gasteiger partial charge in [0.05, 0.1) is 36.0 Å². The quantitative estimate of drug-likeness (QED) is 0.457. The van der Waals surface area contributed by atoms with E-state index in [0.717, 1.165) is 33.1 Å². The molecule has 4 aromatic rings. The Kier molecular flexibility index (Phi) is 6.30. The molecule has 1 aliphatic rings. The van der Waals surface area contributed by atoms with Crippen molar-refractivity contribution in [3.8, 4) is 0 Å². The highest BCUT2D eigenvalue weighted by Gasteiger charge is 2.28. The third-order valence-electron chi connectivity index (χ3n) is 7.04. The molecule has 1 N–H and O–H groups in total. The van der Waals surface area contributed by atoms with E-state index in [1.165, 1.54) is 7.11 Å². The number of likely N-dealkylation sites (tertiary alicyclic amines) is 1. The molecule has 0 unspecified atom stereocenters. The van der Waals surface area contributed by atoms with Crippen molar-refractivity contribution >= 4 is 27.9 Å². The second-order valence-electron chi connectivity index (χ2n) is 10.2. The molecule has 1 fully saturated rings. The smallest absolute Gasteiger partial charge is 0.409 e. The van der Waals surface area contributed by atoms with Gasteiger partial charge in [-0.2, -0.15) is 0 Å². The second-order valence-corrected chi connectivity index (χ2v) is 10.2. The number of amides is 1. The van der Waals surface area contributed by atoms with Crippen LogP contribution in [0.5, 0.6) is 0 Å². The Morgan fingerprint density at radius 2 is 1.75 bits per heavy atom. The first-order chi connectivity index (χ1) is 17.3. The van der Waals surface area contributed by atoms with Crippen LogP contribution in [0.25, 0.3) is 21.8 Å². The van der Waals surface area contributed by atoms with Crippen LogP contribution in [0.2, 0.25) is 0 Å². The number of nitrogens with zero attached hydrogens (tertiary/aromatic N) is 4. The average molecular weight is 489 g/mol. The summed E-state index contributed by atoms with van der Waals surface area (Å²) in [6.45, 7) is 4.98. The zero-order valence-electron chi connectivity index (χ0n) is 21.0. The molecule has 8 nitrogen and oxygen atoms in total. The van der Waals surface area contributed by atoms with Crippen LogP contribution >= 0.6 is 0 Å². The highest BCUT2D eigenvalue weighted by molar-refractivity contribution is 5.85. The fourth-order valence-electron chi connectivity index (χ4n) is 5.35. The van der Waals surface area contributed by atoms with E-state index >= 15 is 0 Å².